The molecule has 1 fully saturated rings. The highest BCUT2D eigenvalue weighted by Crippen LogP contribution is 2.13. The molecular weight excluding hydrogens is 238 g/mol. The van der Waals surface area contributed by atoms with Crippen LogP contribution in [-0.2, 0) is 0 Å². The highest BCUT2D eigenvalue weighted by Gasteiger charge is 2.20. The second kappa shape index (κ2) is 6.66. The maximum atomic E-state index is 12.4. The Bertz CT molecular complexity index is 410. The average molecular weight is 261 g/mol. The number of hydrogen-bond donors (Lipinski definition) is 1. The van der Waals surface area contributed by atoms with Crippen molar-refractivity contribution in [1.82, 2.24) is 15.2 Å². The number of carbonyl (C=O) groups is 1. The van der Waals surface area contributed by atoms with E-state index in [9.17, 15) is 4.79 Å². The molecule has 4 nitrogen and oxygen atoms in total. The zero-order valence-corrected chi connectivity index (χ0v) is 11.9. The standard InChI is InChI=1S/C15H23N3O/c1-3-18(11-13-5-4-8-16-9-13)15(19)14-7-6-12(2)17-10-14/h6-7,10,13,16H,3-5,8-9,11H2,1-2H3. The lowest BCUT2D eigenvalue weighted by molar-refractivity contribution is 0.0728. The van der Waals surface area contributed by atoms with E-state index in [1.165, 1.54) is 12.8 Å². The van der Waals surface area contributed by atoms with Gasteiger partial charge in [0.1, 0.15) is 0 Å². The summed E-state index contributed by atoms with van der Waals surface area (Å²) in [5, 5.41) is 3.40. The van der Waals surface area contributed by atoms with E-state index in [2.05, 4.69) is 10.3 Å². The van der Waals surface area contributed by atoms with Crippen molar-refractivity contribution in [2.75, 3.05) is 26.2 Å². The lowest BCUT2D eigenvalue weighted by Gasteiger charge is -2.29. The molecule has 2 rings (SSSR count). The largest absolute Gasteiger partial charge is 0.339 e. The zero-order valence-electron chi connectivity index (χ0n) is 11.9. The fraction of sp³-hybridized carbons (Fsp3) is 0.600. The molecule has 2 heterocycles. The molecule has 1 amide bonds. The van der Waals surface area contributed by atoms with Crippen molar-refractivity contribution < 1.29 is 4.79 Å². The van der Waals surface area contributed by atoms with Gasteiger partial charge >= 0.3 is 0 Å². The van der Waals surface area contributed by atoms with Crippen molar-refractivity contribution in [1.29, 1.82) is 0 Å². The van der Waals surface area contributed by atoms with Gasteiger partial charge in [-0.05, 0) is 57.8 Å². The maximum Gasteiger partial charge on any atom is 0.255 e. The molecule has 1 aromatic rings. The van der Waals surface area contributed by atoms with Crippen molar-refractivity contribution >= 4 is 5.91 Å². The van der Waals surface area contributed by atoms with Gasteiger partial charge in [0, 0.05) is 25.0 Å². The molecular formula is C15H23N3O. The van der Waals surface area contributed by atoms with Gasteiger partial charge in [-0.25, -0.2) is 0 Å². The lowest BCUT2D eigenvalue weighted by atomic mass is 9.99. The van der Waals surface area contributed by atoms with Crippen molar-refractivity contribution in [3.63, 3.8) is 0 Å². The number of pyridine rings is 1. The van der Waals surface area contributed by atoms with Crippen LogP contribution >= 0.6 is 0 Å². The summed E-state index contributed by atoms with van der Waals surface area (Å²) >= 11 is 0. The van der Waals surface area contributed by atoms with E-state index in [1.54, 1.807) is 6.20 Å². The molecule has 1 unspecified atom stereocenters. The van der Waals surface area contributed by atoms with Crippen LogP contribution < -0.4 is 5.32 Å². The lowest BCUT2D eigenvalue weighted by Crippen LogP contribution is -2.41. The predicted molar refractivity (Wildman–Crippen MR) is 76.1 cm³/mol. The summed E-state index contributed by atoms with van der Waals surface area (Å²) in [6.45, 7) is 7.70. The van der Waals surface area contributed by atoms with Crippen molar-refractivity contribution in [2.45, 2.75) is 26.7 Å². The van der Waals surface area contributed by atoms with E-state index in [0.29, 0.717) is 11.5 Å². The van der Waals surface area contributed by atoms with Gasteiger partial charge in [-0.1, -0.05) is 0 Å². The first-order chi connectivity index (χ1) is 9.20. The van der Waals surface area contributed by atoms with Crippen LogP contribution in [0.2, 0.25) is 0 Å². The Labute approximate surface area is 115 Å². The predicted octanol–water partition coefficient (Wildman–Crippen LogP) is 1.85. The second-order valence-electron chi connectivity index (χ2n) is 5.24. The number of amides is 1. The van der Waals surface area contributed by atoms with Crippen molar-refractivity contribution in [3.8, 4) is 0 Å². The third-order valence-electron chi connectivity index (χ3n) is 3.70. The summed E-state index contributed by atoms with van der Waals surface area (Å²) in [5.74, 6) is 0.677. The Balaban J connectivity index is 1.99. The molecule has 1 saturated heterocycles. The molecule has 1 aromatic heterocycles. The Kier molecular flexibility index (Phi) is 4.91. The van der Waals surface area contributed by atoms with Gasteiger partial charge in [0.2, 0.25) is 0 Å². The number of nitrogens with zero attached hydrogens (tertiary/aromatic N) is 2. The quantitative estimate of drug-likeness (QED) is 0.899. The van der Waals surface area contributed by atoms with Crippen molar-refractivity contribution in [3.05, 3.63) is 29.6 Å². The first-order valence-electron chi connectivity index (χ1n) is 7.13. The van der Waals surface area contributed by atoms with Crippen LogP contribution in [0.1, 0.15) is 35.8 Å². The summed E-state index contributed by atoms with van der Waals surface area (Å²) in [4.78, 5) is 18.6. The van der Waals surface area contributed by atoms with Gasteiger partial charge in [0.15, 0.2) is 0 Å². The van der Waals surface area contributed by atoms with Crippen LogP contribution in [0.15, 0.2) is 18.3 Å². The van der Waals surface area contributed by atoms with Crippen LogP contribution in [-0.4, -0.2) is 42.0 Å². The topological polar surface area (TPSA) is 45.2 Å². The van der Waals surface area contributed by atoms with E-state index < -0.39 is 0 Å². The number of rotatable bonds is 4. The third kappa shape index (κ3) is 3.77. The molecule has 4 heteroatoms. The van der Waals surface area contributed by atoms with Crippen molar-refractivity contribution in [2.24, 2.45) is 5.92 Å². The Morgan fingerprint density at radius 2 is 2.37 bits per heavy atom. The molecule has 0 saturated carbocycles. The number of aromatic nitrogens is 1. The Morgan fingerprint density at radius 1 is 1.53 bits per heavy atom. The zero-order chi connectivity index (χ0) is 13.7. The van der Waals surface area contributed by atoms with E-state index >= 15 is 0 Å². The molecule has 1 N–H and O–H groups in total. The molecule has 0 aliphatic carbocycles. The van der Waals surface area contributed by atoms with Gasteiger partial charge in [0.05, 0.1) is 5.56 Å². The molecule has 1 atom stereocenters. The minimum absolute atomic E-state index is 0.0978. The monoisotopic (exact) mass is 261 g/mol. The van der Waals surface area contributed by atoms with E-state index in [1.807, 2.05) is 30.9 Å². The molecule has 0 spiro atoms. The normalized spacial score (nSPS) is 19.2. The van der Waals surface area contributed by atoms with Crippen LogP contribution in [0.25, 0.3) is 0 Å². The minimum atomic E-state index is 0.0978. The summed E-state index contributed by atoms with van der Waals surface area (Å²) in [6, 6.07) is 3.76. The van der Waals surface area contributed by atoms with Crippen LogP contribution in [0.3, 0.4) is 0 Å². The number of carbonyl (C=O) groups excluding carboxylic acids is 1. The molecule has 19 heavy (non-hydrogen) atoms. The third-order valence-corrected chi connectivity index (χ3v) is 3.70. The number of nitrogens with one attached hydrogen (secondary N) is 1. The Morgan fingerprint density at radius 3 is 2.95 bits per heavy atom. The summed E-state index contributed by atoms with van der Waals surface area (Å²) in [5.41, 5.74) is 1.63. The Hall–Kier alpha value is -1.42. The summed E-state index contributed by atoms with van der Waals surface area (Å²) < 4.78 is 0. The first kappa shape index (κ1) is 14.0. The molecule has 104 valence electrons. The molecule has 0 bridgehead atoms. The SMILES string of the molecule is CCN(CC1CCCNC1)C(=O)c1ccc(C)nc1. The second-order valence-corrected chi connectivity index (χ2v) is 5.24. The number of hydrogen-bond acceptors (Lipinski definition) is 3. The highest BCUT2D eigenvalue weighted by atomic mass is 16.2. The van der Waals surface area contributed by atoms with Crippen LogP contribution in [0.4, 0.5) is 0 Å². The minimum Gasteiger partial charge on any atom is -0.339 e. The molecule has 1 aliphatic heterocycles. The van der Waals surface area contributed by atoms with E-state index in [0.717, 1.165) is 31.9 Å². The van der Waals surface area contributed by atoms with Gasteiger partial charge < -0.3 is 10.2 Å². The van der Waals surface area contributed by atoms with Gasteiger partial charge in [-0.3, -0.25) is 9.78 Å². The van der Waals surface area contributed by atoms with Gasteiger partial charge in [-0.15, -0.1) is 0 Å². The van der Waals surface area contributed by atoms with Gasteiger partial charge in [0.25, 0.3) is 5.91 Å². The smallest absolute Gasteiger partial charge is 0.255 e. The van der Waals surface area contributed by atoms with Gasteiger partial charge in [-0.2, -0.15) is 0 Å². The number of piperidine rings is 1. The highest BCUT2D eigenvalue weighted by molar-refractivity contribution is 5.93. The molecule has 0 aromatic carbocycles. The van der Waals surface area contributed by atoms with Crippen LogP contribution in [0, 0.1) is 12.8 Å². The first-order valence-corrected chi connectivity index (χ1v) is 7.13. The van der Waals surface area contributed by atoms with E-state index in [4.69, 9.17) is 0 Å². The van der Waals surface area contributed by atoms with E-state index in [-0.39, 0.29) is 5.91 Å². The fourth-order valence-corrected chi connectivity index (χ4v) is 2.52. The summed E-state index contributed by atoms with van der Waals surface area (Å²) in [6.07, 6.45) is 4.10. The maximum absolute atomic E-state index is 12.4. The average Bonchev–Trinajstić information content (AvgIpc) is 2.46. The van der Waals surface area contributed by atoms with Crippen LogP contribution in [0.5, 0.6) is 0 Å². The molecule has 0 radical (unpaired) electrons. The molecule has 1 aliphatic rings. The summed E-state index contributed by atoms with van der Waals surface area (Å²) in [7, 11) is 0. The fourth-order valence-electron chi connectivity index (χ4n) is 2.52. The number of aryl methyl sites for hydroxylation is 1.